The number of ether oxygens (including phenoxy) is 2. The second-order valence-corrected chi connectivity index (χ2v) is 9.90. The number of hydrogen-bond donors (Lipinski definition) is 2. The van der Waals surface area contributed by atoms with Crippen molar-refractivity contribution in [1.82, 2.24) is 0 Å². The highest BCUT2D eigenvalue weighted by Gasteiger charge is 2.15. The molecule has 0 aliphatic rings. The van der Waals surface area contributed by atoms with Gasteiger partial charge in [0, 0.05) is 0 Å². The van der Waals surface area contributed by atoms with Gasteiger partial charge in [0.1, 0.15) is 34.5 Å². The predicted octanol–water partition coefficient (Wildman–Crippen LogP) is 8.82. The Hall–Kier alpha value is -3.92. The molecular weight excluding hydrogens is 448 g/mol. The van der Waals surface area contributed by atoms with Gasteiger partial charge in [0.25, 0.3) is 0 Å². The van der Waals surface area contributed by atoms with E-state index >= 15 is 0 Å². The molecule has 4 aromatic rings. The molecule has 186 valence electrons. The molecule has 0 amide bonds. The third-order valence-corrected chi connectivity index (χ3v) is 6.59. The fraction of sp³-hybridized carbons (Fsp3) is 0.250. The van der Waals surface area contributed by atoms with Gasteiger partial charge in [-0.15, -0.1) is 0 Å². The normalized spacial score (nSPS) is 11.0. The second-order valence-electron chi connectivity index (χ2n) is 9.90. The van der Waals surface area contributed by atoms with Crippen LogP contribution in [0.2, 0.25) is 0 Å². The molecule has 0 aliphatic heterocycles. The fourth-order valence-corrected chi connectivity index (χ4v) is 4.84. The quantitative estimate of drug-likeness (QED) is 0.298. The molecule has 2 N–H and O–H groups in total. The molecule has 0 aliphatic carbocycles. The van der Waals surface area contributed by atoms with E-state index < -0.39 is 0 Å². The molecule has 4 heteroatoms. The van der Waals surface area contributed by atoms with Crippen LogP contribution in [0.5, 0.6) is 34.5 Å². The Morgan fingerprint density at radius 3 is 1.14 bits per heavy atom. The van der Waals surface area contributed by atoms with Crippen molar-refractivity contribution in [2.24, 2.45) is 0 Å². The van der Waals surface area contributed by atoms with Crippen LogP contribution in [0.25, 0.3) is 11.1 Å². The van der Waals surface area contributed by atoms with E-state index in [2.05, 4.69) is 52.0 Å². The van der Waals surface area contributed by atoms with E-state index in [0.717, 1.165) is 78.6 Å². The summed E-state index contributed by atoms with van der Waals surface area (Å²) in [5.74, 6) is 3.71. The molecule has 0 bridgehead atoms. The number of rotatable bonds is 5. The molecular formula is C32H34O4. The lowest BCUT2D eigenvalue weighted by molar-refractivity contribution is 0.454. The second kappa shape index (κ2) is 9.62. The zero-order valence-electron chi connectivity index (χ0n) is 22.3. The molecule has 0 saturated carbocycles. The molecule has 4 rings (SSSR count). The van der Waals surface area contributed by atoms with Gasteiger partial charge in [0.15, 0.2) is 0 Å². The van der Waals surface area contributed by atoms with Crippen LogP contribution in [0.1, 0.15) is 44.5 Å². The smallest absolute Gasteiger partial charge is 0.133 e. The lowest BCUT2D eigenvalue weighted by Gasteiger charge is -2.18. The largest absolute Gasteiger partial charge is 0.508 e. The standard InChI is InChI=1S/C32H34O4/c1-17-15-28(16-18(2)29(17)34)35-30-19(3)9-25(10-20(30)4)26-11-21(5)31(22(6)12-26)36-32-23(7)13-27(33)14-24(32)8/h9-16,33-34H,1-8H3. The summed E-state index contributed by atoms with van der Waals surface area (Å²) >= 11 is 0. The molecule has 0 atom stereocenters. The van der Waals surface area contributed by atoms with Gasteiger partial charge in [-0.25, -0.2) is 0 Å². The summed E-state index contributed by atoms with van der Waals surface area (Å²) in [7, 11) is 0. The van der Waals surface area contributed by atoms with Crippen molar-refractivity contribution >= 4 is 0 Å². The first kappa shape index (κ1) is 25.2. The number of phenolic OH excluding ortho intramolecular Hbond substituents is 2. The van der Waals surface area contributed by atoms with Gasteiger partial charge in [-0.05, 0) is 160 Å². The Kier molecular flexibility index (Phi) is 6.73. The summed E-state index contributed by atoms with van der Waals surface area (Å²) in [6.45, 7) is 15.9. The Balaban J connectivity index is 1.67. The summed E-state index contributed by atoms with van der Waals surface area (Å²) in [5.41, 5.74) is 9.79. The number of aromatic hydroxyl groups is 2. The summed E-state index contributed by atoms with van der Waals surface area (Å²) in [6.07, 6.45) is 0. The van der Waals surface area contributed by atoms with Crippen LogP contribution in [0.15, 0.2) is 48.5 Å². The van der Waals surface area contributed by atoms with Crippen molar-refractivity contribution in [3.63, 3.8) is 0 Å². The van der Waals surface area contributed by atoms with Crippen LogP contribution in [0.3, 0.4) is 0 Å². The summed E-state index contributed by atoms with van der Waals surface area (Å²) in [4.78, 5) is 0. The maximum Gasteiger partial charge on any atom is 0.133 e. The van der Waals surface area contributed by atoms with E-state index in [4.69, 9.17) is 9.47 Å². The Bertz CT molecular complexity index is 1390. The van der Waals surface area contributed by atoms with E-state index in [1.165, 1.54) is 0 Å². The first-order chi connectivity index (χ1) is 16.9. The molecule has 0 saturated heterocycles. The van der Waals surface area contributed by atoms with Crippen LogP contribution in [-0.4, -0.2) is 10.2 Å². The summed E-state index contributed by atoms with van der Waals surface area (Å²) in [6, 6.07) is 15.7. The lowest BCUT2D eigenvalue weighted by atomic mass is 9.96. The highest BCUT2D eigenvalue weighted by atomic mass is 16.5. The van der Waals surface area contributed by atoms with Crippen molar-refractivity contribution < 1.29 is 19.7 Å². The third-order valence-electron chi connectivity index (χ3n) is 6.59. The minimum Gasteiger partial charge on any atom is -0.508 e. The summed E-state index contributed by atoms with van der Waals surface area (Å²) in [5, 5.41) is 19.9. The number of aryl methyl sites for hydroxylation is 8. The first-order valence-electron chi connectivity index (χ1n) is 12.1. The molecule has 0 radical (unpaired) electrons. The SMILES string of the molecule is Cc1cc(Oc2c(C)cc(-c3cc(C)c(Oc4c(C)cc(O)cc4C)c(C)c3)cc2C)cc(C)c1O. The van der Waals surface area contributed by atoms with Crippen molar-refractivity contribution in [2.75, 3.05) is 0 Å². The van der Waals surface area contributed by atoms with Gasteiger partial charge in [-0.1, -0.05) is 0 Å². The summed E-state index contributed by atoms with van der Waals surface area (Å²) < 4.78 is 12.6. The average Bonchev–Trinajstić information content (AvgIpc) is 2.78. The zero-order chi connectivity index (χ0) is 26.3. The molecule has 0 aromatic heterocycles. The van der Waals surface area contributed by atoms with Gasteiger partial charge in [0.05, 0.1) is 0 Å². The maximum absolute atomic E-state index is 10.1. The van der Waals surface area contributed by atoms with Crippen LogP contribution in [0.4, 0.5) is 0 Å². The zero-order valence-corrected chi connectivity index (χ0v) is 22.3. The highest BCUT2D eigenvalue weighted by molar-refractivity contribution is 5.71. The van der Waals surface area contributed by atoms with Crippen LogP contribution in [0, 0.1) is 55.4 Å². The van der Waals surface area contributed by atoms with Crippen molar-refractivity contribution in [1.29, 1.82) is 0 Å². The monoisotopic (exact) mass is 482 g/mol. The Morgan fingerprint density at radius 1 is 0.417 bits per heavy atom. The van der Waals surface area contributed by atoms with E-state index in [0.29, 0.717) is 5.75 Å². The van der Waals surface area contributed by atoms with E-state index in [-0.39, 0.29) is 5.75 Å². The topological polar surface area (TPSA) is 58.9 Å². The first-order valence-corrected chi connectivity index (χ1v) is 12.1. The van der Waals surface area contributed by atoms with Crippen LogP contribution < -0.4 is 9.47 Å². The maximum atomic E-state index is 10.1. The van der Waals surface area contributed by atoms with E-state index in [1.54, 1.807) is 12.1 Å². The van der Waals surface area contributed by atoms with Crippen molar-refractivity contribution in [2.45, 2.75) is 55.4 Å². The van der Waals surface area contributed by atoms with Gasteiger partial charge in [0.2, 0.25) is 0 Å². The number of benzene rings is 4. The number of hydrogen-bond acceptors (Lipinski definition) is 4. The Labute approximate surface area is 213 Å². The van der Waals surface area contributed by atoms with Gasteiger partial charge in [-0.2, -0.15) is 0 Å². The van der Waals surface area contributed by atoms with Crippen LogP contribution >= 0.6 is 0 Å². The van der Waals surface area contributed by atoms with Gasteiger partial charge >= 0.3 is 0 Å². The molecule has 4 aromatic carbocycles. The van der Waals surface area contributed by atoms with E-state index in [1.807, 2.05) is 39.8 Å². The third kappa shape index (κ3) is 4.90. The molecule has 4 nitrogen and oxygen atoms in total. The van der Waals surface area contributed by atoms with Crippen LogP contribution in [-0.2, 0) is 0 Å². The van der Waals surface area contributed by atoms with E-state index in [9.17, 15) is 10.2 Å². The molecule has 0 unspecified atom stereocenters. The molecule has 0 fully saturated rings. The van der Waals surface area contributed by atoms with Crippen molar-refractivity contribution in [3.05, 3.63) is 93.0 Å². The highest BCUT2D eigenvalue weighted by Crippen LogP contribution is 2.39. The fourth-order valence-electron chi connectivity index (χ4n) is 4.84. The average molecular weight is 483 g/mol. The Morgan fingerprint density at radius 2 is 0.750 bits per heavy atom. The minimum absolute atomic E-state index is 0.245. The number of phenols is 2. The predicted molar refractivity (Wildman–Crippen MR) is 146 cm³/mol. The van der Waals surface area contributed by atoms with Crippen molar-refractivity contribution in [3.8, 4) is 45.6 Å². The van der Waals surface area contributed by atoms with Gasteiger partial charge < -0.3 is 19.7 Å². The molecule has 36 heavy (non-hydrogen) atoms. The lowest BCUT2D eigenvalue weighted by Crippen LogP contribution is -1.97. The minimum atomic E-state index is 0.245. The molecule has 0 spiro atoms. The van der Waals surface area contributed by atoms with Gasteiger partial charge in [-0.3, -0.25) is 0 Å². The molecule has 0 heterocycles.